The fraction of sp³-hybridized carbons (Fsp3) is 0.556. The van der Waals surface area contributed by atoms with Crippen LogP contribution in [0.2, 0.25) is 0 Å². The summed E-state index contributed by atoms with van der Waals surface area (Å²) in [5, 5.41) is 6.41. The van der Waals surface area contributed by atoms with Gasteiger partial charge < -0.3 is 20.3 Å². The van der Waals surface area contributed by atoms with E-state index in [-0.39, 0.29) is 43.5 Å². The molecule has 6 nitrogen and oxygen atoms in total. The highest BCUT2D eigenvalue weighted by atomic mass is 35.5. The molecule has 2 saturated heterocycles. The second-order valence-corrected chi connectivity index (χ2v) is 6.62. The molecule has 0 spiro atoms. The standard InChI is InChI=1S/C18H25N3O3.ClH/c1-13-7-8-19-9-15(13)20-18(23)16-11-24-12-17(22)21(16)10-14-5-3-2-4-6-14;/h2-6,13,15-16,19H,7-12H2,1H3,(H,20,23);1H/t13?,15?,16-;/m1./s1. The van der Waals surface area contributed by atoms with Gasteiger partial charge in [0.2, 0.25) is 11.8 Å². The molecule has 0 radical (unpaired) electrons. The normalized spacial score (nSPS) is 26.7. The first-order valence-corrected chi connectivity index (χ1v) is 8.57. The van der Waals surface area contributed by atoms with E-state index in [0.29, 0.717) is 12.5 Å². The zero-order valence-corrected chi connectivity index (χ0v) is 15.3. The molecule has 0 aromatic heterocycles. The largest absolute Gasteiger partial charge is 0.369 e. The summed E-state index contributed by atoms with van der Waals surface area (Å²) in [6.07, 6.45) is 1.04. The summed E-state index contributed by atoms with van der Waals surface area (Å²) in [4.78, 5) is 26.7. The van der Waals surface area contributed by atoms with Crippen molar-refractivity contribution in [2.24, 2.45) is 5.92 Å². The van der Waals surface area contributed by atoms with Crippen molar-refractivity contribution in [2.45, 2.75) is 32.0 Å². The number of carbonyl (C=O) groups is 2. The van der Waals surface area contributed by atoms with Crippen molar-refractivity contribution in [3.8, 4) is 0 Å². The number of halogens is 1. The van der Waals surface area contributed by atoms with E-state index in [9.17, 15) is 9.59 Å². The predicted octanol–water partition coefficient (Wildman–Crippen LogP) is 0.950. The van der Waals surface area contributed by atoms with Crippen molar-refractivity contribution in [3.05, 3.63) is 35.9 Å². The van der Waals surface area contributed by atoms with Gasteiger partial charge in [-0.15, -0.1) is 12.4 Å². The monoisotopic (exact) mass is 367 g/mol. The first-order valence-electron chi connectivity index (χ1n) is 8.57. The number of hydrogen-bond acceptors (Lipinski definition) is 4. The molecule has 1 aromatic rings. The summed E-state index contributed by atoms with van der Waals surface area (Å²) in [7, 11) is 0. The number of rotatable bonds is 4. The maximum absolute atomic E-state index is 12.7. The van der Waals surface area contributed by atoms with Gasteiger partial charge in [-0.25, -0.2) is 0 Å². The third kappa shape index (κ3) is 4.93. The molecule has 0 aliphatic carbocycles. The molecule has 25 heavy (non-hydrogen) atoms. The van der Waals surface area contributed by atoms with Gasteiger partial charge in [-0.1, -0.05) is 37.3 Å². The van der Waals surface area contributed by atoms with Crippen LogP contribution in [0.1, 0.15) is 18.9 Å². The molecule has 2 heterocycles. The molecule has 2 aliphatic rings. The smallest absolute Gasteiger partial charge is 0.249 e. The molecule has 3 atom stereocenters. The number of nitrogens with zero attached hydrogens (tertiary/aromatic N) is 1. The third-order valence-corrected chi connectivity index (χ3v) is 4.85. The van der Waals surface area contributed by atoms with Crippen LogP contribution in [-0.2, 0) is 20.9 Å². The van der Waals surface area contributed by atoms with Crippen molar-refractivity contribution in [2.75, 3.05) is 26.3 Å². The Morgan fingerprint density at radius 3 is 2.84 bits per heavy atom. The zero-order chi connectivity index (χ0) is 16.9. The highest BCUT2D eigenvalue weighted by Crippen LogP contribution is 2.16. The van der Waals surface area contributed by atoms with Crippen LogP contribution in [-0.4, -0.2) is 55.1 Å². The average molecular weight is 368 g/mol. The molecule has 2 fully saturated rings. The van der Waals surface area contributed by atoms with Crippen molar-refractivity contribution < 1.29 is 14.3 Å². The Kier molecular flexibility index (Phi) is 7.23. The summed E-state index contributed by atoms with van der Waals surface area (Å²) in [6, 6.07) is 9.26. The lowest BCUT2D eigenvalue weighted by atomic mass is 9.94. The summed E-state index contributed by atoms with van der Waals surface area (Å²) in [5.41, 5.74) is 1.01. The Bertz CT molecular complexity index is 584. The van der Waals surface area contributed by atoms with Gasteiger partial charge >= 0.3 is 0 Å². The van der Waals surface area contributed by atoms with Gasteiger partial charge in [-0.3, -0.25) is 9.59 Å². The fourth-order valence-electron chi connectivity index (χ4n) is 3.26. The summed E-state index contributed by atoms with van der Waals surface area (Å²) in [6.45, 7) is 4.62. The SMILES string of the molecule is CC1CCNCC1NC(=O)[C@H]1COCC(=O)N1Cc1ccccc1.Cl. The minimum atomic E-state index is -0.569. The number of nitrogens with one attached hydrogen (secondary N) is 2. The van der Waals surface area contributed by atoms with Crippen LogP contribution in [0, 0.1) is 5.92 Å². The molecule has 0 saturated carbocycles. The molecular weight excluding hydrogens is 342 g/mol. The maximum atomic E-state index is 12.7. The van der Waals surface area contributed by atoms with Crippen molar-refractivity contribution in [1.82, 2.24) is 15.5 Å². The predicted molar refractivity (Wildman–Crippen MR) is 97.4 cm³/mol. The summed E-state index contributed by atoms with van der Waals surface area (Å²) >= 11 is 0. The minimum absolute atomic E-state index is 0. The number of hydrogen-bond donors (Lipinski definition) is 2. The van der Waals surface area contributed by atoms with Gasteiger partial charge in [-0.2, -0.15) is 0 Å². The van der Waals surface area contributed by atoms with Gasteiger partial charge in [0.15, 0.2) is 0 Å². The number of benzene rings is 1. The highest BCUT2D eigenvalue weighted by molar-refractivity contribution is 5.89. The van der Waals surface area contributed by atoms with Crippen LogP contribution >= 0.6 is 12.4 Å². The van der Waals surface area contributed by atoms with Crippen LogP contribution in [0.3, 0.4) is 0 Å². The van der Waals surface area contributed by atoms with Crippen molar-refractivity contribution in [3.63, 3.8) is 0 Å². The van der Waals surface area contributed by atoms with Crippen molar-refractivity contribution >= 4 is 24.2 Å². The Hall–Kier alpha value is -1.63. The quantitative estimate of drug-likeness (QED) is 0.831. The Balaban J connectivity index is 0.00000225. The molecule has 2 aliphatic heterocycles. The van der Waals surface area contributed by atoms with Gasteiger partial charge in [0.25, 0.3) is 0 Å². The Labute approximate surface area is 154 Å². The average Bonchev–Trinajstić information content (AvgIpc) is 2.59. The lowest BCUT2D eigenvalue weighted by molar-refractivity contribution is -0.156. The first-order chi connectivity index (χ1) is 11.6. The third-order valence-electron chi connectivity index (χ3n) is 4.85. The highest BCUT2D eigenvalue weighted by Gasteiger charge is 2.35. The summed E-state index contributed by atoms with van der Waals surface area (Å²) < 4.78 is 5.33. The van der Waals surface area contributed by atoms with Gasteiger partial charge in [-0.05, 0) is 24.4 Å². The van der Waals surface area contributed by atoms with Crippen LogP contribution in [0.25, 0.3) is 0 Å². The van der Waals surface area contributed by atoms with Crippen LogP contribution in [0.5, 0.6) is 0 Å². The summed E-state index contributed by atoms with van der Waals surface area (Å²) in [5.74, 6) is 0.164. The zero-order valence-electron chi connectivity index (χ0n) is 14.4. The lowest BCUT2D eigenvalue weighted by Gasteiger charge is -2.37. The topological polar surface area (TPSA) is 70.7 Å². The molecule has 2 unspecified atom stereocenters. The maximum Gasteiger partial charge on any atom is 0.249 e. The molecule has 138 valence electrons. The second-order valence-electron chi connectivity index (χ2n) is 6.62. The second kappa shape index (κ2) is 9.17. The fourth-order valence-corrected chi connectivity index (χ4v) is 3.26. The van der Waals surface area contributed by atoms with Gasteiger partial charge in [0.05, 0.1) is 6.61 Å². The molecule has 0 bridgehead atoms. The Morgan fingerprint density at radius 1 is 1.36 bits per heavy atom. The van der Waals surface area contributed by atoms with E-state index in [0.717, 1.165) is 25.1 Å². The number of ether oxygens (including phenoxy) is 1. The molecule has 7 heteroatoms. The van der Waals surface area contributed by atoms with E-state index in [1.54, 1.807) is 4.90 Å². The molecule has 2 N–H and O–H groups in total. The lowest BCUT2D eigenvalue weighted by Crippen LogP contribution is -2.59. The van der Waals surface area contributed by atoms with E-state index >= 15 is 0 Å². The first kappa shape index (κ1) is 19.7. The van der Waals surface area contributed by atoms with E-state index in [4.69, 9.17) is 4.74 Å². The van der Waals surface area contributed by atoms with Crippen LogP contribution in [0.15, 0.2) is 30.3 Å². The van der Waals surface area contributed by atoms with E-state index < -0.39 is 6.04 Å². The molecular formula is C18H26ClN3O3. The Morgan fingerprint density at radius 2 is 2.12 bits per heavy atom. The molecule has 3 rings (SSSR count). The number of piperidine rings is 1. The van der Waals surface area contributed by atoms with Crippen LogP contribution < -0.4 is 10.6 Å². The minimum Gasteiger partial charge on any atom is -0.369 e. The van der Waals surface area contributed by atoms with Gasteiger partial charge in [0.1, 0.15) is 12.6 Å². The van der Waals surface area contributed by atoms with E-state index in [1.165, 1.54) is 0 Å². The number of morpholine rings is 1. The van der Waals surface area contributed by atoms with Crippen LogP contribution in [0.4, 0.5) is 0 Å². The van der Waals surface area contributed by atoms with E-state index in [1.807, 2.05) is 30.3 Å². The molecule has 2 amide bonds. The number of carbonyl (C=O) groups excluding carboxylic acids is 2. The van der Waals surface area contributed by atoms with Gasteiger partial charge in [0, 0.05) is 19.1 Å². The number of amides is 2. The van der Waals surface area contributed by atoms with E-state index in [2.05, 4.69) is 17.6 Å². The molecule has 1 aromatic carbocycles. The van der Waals surface area contributed by atoms with Crippen molar-refractivity contribution in [1.29, 1.82) is 0 Å².